The van der Waals surface area contributed by atoms with Crippen LogP contribution in [-0.4, -0.2) is 29.1 Å². The van der Waals surface area contributed by atoms with Crippen molar-refractivity contribution in [3.63, 3.8) is 0 Å². The number of fused-ring (bicyclic) bond motifs is 1. The topological polar surface area (TPSA) is 45.3 Å². The summed E-state index contributed by atoms with van der Waals surface area (Å²) in [6.07, 6.45) is 3.74. The average molecular weight is 388 g/mol. The number of aromatic amines is 1. The monoisotopic (exact) mass is 386 g/mol. The number of nitrogens with zero attached hydrogens (tertiary/aromatic N) is 1. The SMILES string of the molecule is O=C(c1c[nH]c2cc(Br)c(Br)cc12)N1CCCCO1. The minimum Gasteiger partial charge on any atom is -0.360 e. The molecule has 0 saturated carbocycles. The first kappa shape index (κ1) is 13.1. The van der Waals surface area contributed by atoms with Gasteiger partial charge in [0.05, 0.1) is 12.2 Å². The Labute approximate surface area is 127 Å². The molecule has 3 rings (SSSR count). The van der Waals surface area contributed by atoms with E-state index in [2.05, 4.69) is 36.8 Å². The zero-order valence-corrected chi connectivity index (χ0v) is 13.3. The largest absolute Gasteiger partial charge is 0.360 e. The van der Waals surface area contributed by atoms with Crippen LogP contribution >= 0.6 is 31.9 Å². The van der Waals surface area contributed by atoms with Gasteiger partial charge in [-0.15, -0.1) is 0 Å². The molecule has 6 heteroatoms. The lowest BCUT2D eigenvalue weighted by Gasteiger charge is -2.25. The highest BCUT2D eigenvalue weighted by molar-refractivity contribution is 9.13. The van der Waals surface area contributed by atoms with Crippen molar-refractivity contribution in [2.75, 3.05) is 13.2 Å². The van der Waals surface area contributed by atoms with Crippen LogP contribution in [0.1, 0.15) is 23.2 Å². The van der Waals surface area contributed by atoms with Crippen molar-refractivity contribution in [1.29, 1.82) is 0 Å². The number of halogens is 2. The van der Waals surface area contributed by atoms with Gasteiger partial charge in [0.15, 0.2) is 0 Å². The molecule has 19 heavy (non-hydrogen) atoms. The van der Waals surface area contributed by atoms with Gasteiger partial charge in [-0.2, -0.15) is 0 Å². The van der Waals surface area contributed by atoms with Gasteiger partial charge in [0.25, 0.3) is 5.91 Å². The van der Waals surface area contributed by atoms with Gasteiger partial charge in [0, 0.05) is 32.6 Å². The van der Waals surface area contributed by atoms with E-state index in [1.807, 2.05) is 12.1 Å². The molecule has 1 N–H and O–H groups in total. The quantitative estimate of drug-likeness (QED) is 0.807. The Morgan fingerprint density at radius 3 is 2.79 bits per heavy atom. The highest BCUT2D eigenvalue weighted by Crippen LogP contribution is 2.30. The van der Waals surface area contributed by atoms with Gasteiger partial charge < -0.3 is 4.98 Å². The molecule has 0 spiro atoms. The van der Waals surface area contributed by atoms with Crippen molar-refractivity contribution in [3.8, 4) is 0 Å². The number of rotatable bonds is 1. The van der Waals surface area contributed by atoms with Crippen LogP contribution in [0.25, 0.3) is 10.9 Å². The fraction of sp³-hybridized carbons (Fsp3) is 0.308. The number of aromatic nitrogens is 1. The predicted molar refractivity (Wildman–Crippen MR) is 79.9 cm³/mol. The maximum absolute atomic E-state index is 12.4. The van der Waals surface area contributed by atoms with E-state index >= 15 is 0 Å². The molecule has 0 bridgehead atoms. The first-order valence-electron chi connectivity index (χ1n) is 6.08. The highest BCUT2D eigenvalue weighted by Gasteiger charge is 2.22. The van der Waals surface area contributed by atoms with Crippen molar-refractivity contribution < 1.29 is 9.63 Å². The van der Waals surface area contributed by atoms with Gasteiger partial charge >= 0.3 is 0 Å². The fourth-order valence-electron chi connectivity index (χ4n) is 2.18. The number of amides is 1. The molecular weight excluding hydrogens is 376 g/mol. The van der Waals surface area contributed by atoms with E-state index in [1.165, 1.54) is 5.06 Å². The Bertz CT molecular complexity index is 633. The second kappa shape index (κ2) is 5.26. The van der Waals surface area contributed by atoms with Crippen molar-refractivity contribution in [1.82, 2.24) is 10.0 Å². The summed E-state index contributed by atoms with van der Waals surface area (Å²) >= 11 is 6.92. The molecule has 1 aromatic heterocycles. The van der Waals surface area contributed by atoms with E-state index in [4.69, 9.17) is 4.84 Å². The summed E-state index contributed by atoms with van der Waals surface area (Å²) in [7, 11) is 0. The zero-order chi connectivity index (χ0) is 13.4. The number of nitrogens with one attached hydrogen (secondary N) is 1. The van der Waals surface area contributed by atoms with E-state index in [1.54, 1.807) is 6.20 Å². The predicted octanol–water partition coefficient (Wildman–Crippen LogP) is 3.86. The average Bonchev–Trinajstić information content (AvgIpc) is 2.82. The van der Waals surface area contributed by atoms with Gasteiger partial charge in [-0.1, -0.05) is 0 Å². The van der Waals surface area contributed by atoms with Crippen LogP contribution in [0.3, 0.4) is 0 Å². The van der Waals surface area contributed by atoms with Crippen LogP contribution < -0.4 is 0 Å². The maximum Gasteiger partial charge on any atom is 0.279 e. The first-order chi connectivity index (χ1) is 9.16. The molecule has 2 aromatic rings. The van der Waals surface area contributed by atoms with Crippen LogP contribution in [0.15, 0.2) is 27.3 Å². The molecule has 1 fully saturated rings. The van der Waals surface area contributed by atoms with Crippen LogP contribution in [0.4, 0.5) is 0 Å². The van der Waals surface area contributed by atoms with Crippen LogP contribution in [0, 0.1) is 0 Å². The van der Waals surface area contributed by atoms with Crippen molar-refractivity contribution in [2.45, 2.75) is 12.8 Å². The first-order valence-corrected chi connectivity index (χ1v) is 7.66. The third-order valence-electron chi connectivity index (χ3n) is 3.18. The molecular formula is C13H12Br2N2O2. The van der Waals surface area contributed by atoms with Gasteiger partial charge in [-0.25, -0.2) is 5.06 Å². The van der Waals surface area contributed by atoms with Gasteiger partial charge in [-0.05, 0) is 56.8 Å². The summed E-state index contributed by atoms with van der Waals surface area (Å²) < 4.78 is 1.88. The van der Waals surface area contributed by atoms with Crippen LogP contribution in [0.2, 0.25) is 0 Å². The Balaban J connectivity index is 2.00. The van der Waals surface area contributed by atoms with Crippen molar-refractivity contribution in [3.05, 3.63) is 32.8 Å². The molecule has 2 heterocycles. The smallest absolute Gasteiger partial charge is 0.279 e. The number of benzene rings is 1. The third kappa shape index (κ3) is 2.44. The maximum atomic E-state index is 12.4. The molecule has 4 nitrogen and oxygen atoms in total. The molecule has 1 aromatic carbocycles. The Kier molecular flexibility index (Phi) is 3.64. The number of carbonyl (C=O) groups excluding carboxylic acids is 1. The molecule has 1 aliphatic heterocycles. The summed E-state index contributed by atoms with van der Waals surface area (Å²) in [6, 6.07) is 3.89. The number of hydrogen-bond donors (Lipinski definition) is 1. The number of hydroxylamine groups is 2. The van der Waals surface area contributed by atoms with Gasteiger partial charge in [-0.3, -0.25) is 9.63 Å². The minimum absolute atomic E-state index is 0.0832. The number of H-pyrrole nitrogens is 1. The van der Waals surface area contributed by atoms with E-state index in [0.717, 1.165) is 32.7 Å². The second-order valence-electron chi connectivity index (χ2n) is 4.46. The zero-order valence-electron chi connectivity index (χ0n) is 10.1. The molecule has 1 saturated heterocycles. The summed E-state index contributed by atoms with van der Waals surface area (Å²) in [5, 5.41) is 2.36. The summed E-state index contributed by atoms with van der Waals surface area (Å²) in [5.41, 5.74) is 1.57. The normalized spacial score (nSPS) is 16.0. The summed E-state index contributed by atoms with van der Waals surface area (Å²) in [4.78, 5) is 21.0. The molecule has 0 radical (unpaired) electrons. The molecule has 0 atom stereocenters. The Morgan fingerprint density at radius 2 is 2.05 bits per heavy atom. The van der Waals surface area contributed by atoms with Crippen molar-refractivity contribution >= 4 is 48.7 Å². The number of hydrogen-bond acceptors (Lipinski definition) is 2. The lowest BCUT2D eigenvalue weighted by Crippen LogP contribution is -2.35. The van der Waals surface area contributed by atoms with Crippen LogP contribution in [0.5, 0.6) is 0 Å². The molecule has 1 aliphatic rings. The Hall–Kier alpha value is -0.850. The van der Waals surface area contributed by atoms with Crippen molar-refractivity contribution in [2.24, 2.45) is 0 Å². The van der Waals surface area contributed by atoms with E-state index < -0.39 is 0 Å². The van der Waals surface area contributed by atoms with E-state index in [9.17, 15) is 4.79 Å². The van der Waals surface area contributed by atoms with E-state index in [-0.39, 0.29) is 5.91 Å². The minimum atomic E-state index is -0.0832. The standard InChI is InChI=1S/C13H12Br2N2O2/c14-10-5-8-9(7-16-12(8)6-11(10)15)13(18)17-3-1-2-4-19-17/h5-7,16H,1-4H2. The van der Waals surface area contributed by atoms with E-state index in [0.29, 0.717) is 18.7 Å². The molecule has 0 unspecified atom stereocenters. The highest BCUT2D eigenvalue weighted by atomic mass is 79.9. The van der Waals surface area contributed by atoms with Crippen LogP contribution in [-0.2, 0) is 4.84 Å². The number of carbonyl (C=O) groups is 1. The van der Waals surface area contributed by atoms with Gasteiger partial charge in [0.2, 0.25) is 0 Å². The molecule has 1 amide bonds. The Morgan fingerprint density at radius 1 is 1.26 bits per heavy atom. The second-order valence-corrected chi connectivity index (χ2v) is 6.17. The lowest BCUT2D eigenvalue weighted by molar-refractivity contribution is -0.144. The molecule has 100 valence electrons. The molecule has 0 aliphatic carbocycles. The summed E-state index contributed by atoms with van der Waals surface area (Å²) in [5.74, 6) is -0.0832. The lowest BCUT2D eigenvalue weighted by atomic mass is 10.1. The third-order valence-corrected chi connectivity index (χ3v) is 5.03. The van der Waals surface area contributed by atoms with Gasteiger partial charge in [0.1, 0.15) is 0 Å². The fourth-order valence-corrected chi connectivity index (χ4v) is 2.87. The summed E-state index contributed by atoms with van der Waals surface area (Å²) in [6.45, 7) is 1.27.